The molecule has 0 saturated heterocycles. The highest BCUT2D eigenvalue weighted by atomic mass is 16.5. The number of aryl methyl sites for hydroxylation is 2. The van der Waals surface area contributed by atoms with E-state index in [4.69, 9.17) is 4.74 Å². The summed E-state index contributed by atoms with van der Waals surface area (Å²) in [6, 6.07) is 17.5. The second-order valence-electron chi connectivity index (χ2n) is 5.31. The van der Waals surface area contributed by atoms with Gasteiger partial charge >= 0.3 is 5.97 Å². The third-order valence-corrected chi connectivity index (χ3v) is 3.52. The summed E-state index contributed by atoms with van der Waals surface area (Å²) in [4.78, 5) is 12.2. The first kappa shape index (κ1) is 16.5. The van der Waals surface area contributed by atoms with Crippen molar-refractivity contribution < 1.29 is 9.53 Å². The smallest absolute Gasteiger partial charge is 0.349 e. The highest BCUT2D eigenvalue weighted by molar-refractivity contribution is 6.05. The predicted octanol–water partition coefficient (Wildman–Crippen LogP) is 4.19. The van der Waals surface area contributed by atoms with Gasteiger partial charge in [0.15, 0.2) is 0 Å². The van der Waals surface area contributed by atoms with E-state index in [9.17, 15) is 10.1 Å². The molecule has 2 aromatic rings. The lowest BCUT2D eigenvalue weighted by Gasteiger charge is -2.12. The zero-order valence-corrected chi connectivity index (χ0v) is 13.6. The van der Waals surface area contributed by atoms with Crippen molar-refractivity contribution in [3.05, 3.63) is 76.4 Å². The molecule has 0 spiro atoms. The second-order valence-corrected chi connectivity index (χ2v) is 5.31. The van der Waals surface area contributed by atoms with Gasteiger partial charge in [0, 0.05) is 5.57 Å². The Morgan fingerprint density at radius 2 is 1.39 bits per heavy atom. The number of hydrogen-bond donors (Lipinski definition) is 0. The van der Waals surface area contributed by atoms with E-state index < -0.39 is 5.97 Å². The molecule has 0 saturated carbocycles. The number of carbonyl (C=O) groups is 1. The minimum Gasteiger partial charge on any atom is -0.462 e. The van der Waals surface area contributed by atoms with Crippen molar-refractivity contribution in [2.75, 3.05) is 6.61 Å². The van der Waals surface area contributed by atoms with Gasteiger partial charge in [-0.05, 0) is 31.9 Å². The van der Waals surface area contributed by atoms with Crippen molar-refractivity contribution in [1.82, 2.24) is 0 Å². The largest absolute Gasteiger partial charge is 0.462 e. The van der Waals surface area contributed by atoms with Crippen LogP contribution in [0, 0.1) is 25.2 Å². The summed E-state index contributed by atoms with van der Waals surface area (Å²) in [6.07, 6.45) is 0. The third kappa shape index (κ3) is 3.87. The third-order valence-electron chi connectivity index (χ3n) is 3.52. The van der Waals surface area contributed by atoms with Gasteiger partial charge in [-0.15, -0.1) is 0 Å². The van der Waals surface area contributed by atoms with E-state index in [0.29, 0.717) is 5.57 Å². The minimum atomic E-state index is -0.592. The highest BCUT2D eigenvalue weighted by Gasteiger charge is 2.19. The molecule has 0 bridgehead atoms. The molecule has 0 fully saturated rings. The Morgan fingerprint density at radius 1 is 0.957 bits per heavy atom. The number of carbonyl (C=O) groups excluding carboxylic acids is 1. The van der Waals surface area contributed by atoms with Gasteiger partial charge in [0.05, 0.1) is 6.61 Å². The zero-order chi connectivity index (χ0) is 16.8. The molecule has 23 heavy (non-hydrogen) atoms. The van der Waals surface area contributed by atoms with Crippen molar-refractivity contribution in [2.24, 2.45) is 0 Å². The van der Waals surface area contributed by atoms with Crippen molar-refractivity contribution in [1.29, 1.82) is 5.26 Å². The normalized spacial score (nSPS) is 9.83. The molecule has 2 rings (SSSR count). The van der Waals surface area contributed by atoms with Crippen LogP contribution in [0.2, 0.25) is 0 Å². The van der Waals surface area contributed by atoms with Gasteiger partial charge in [0.25, 0.3) is 0 Å². The monoisotopic (exact) mass is 305 g/mol. The molecule has 0 heterocycles. The lowest BCUT2D eigenvalue weighted by molar-refractivity contribution is -0.137. The molecule has 116 valence electrons. The number of hydrogen-bond acceptors (Lipinski definition) is 3. The summed E-state index contributed by atoms with van der Waals surface area (Å²) < 4.78 is 5.05. The molecule has 0 amide bonds. The summed E-state index contributed by atoms with van der Waals surface area (Å²) in [7, 11) is 0. The fourth-order valence-electron chi connectivity index (χ4n) is 2.30. The Labute approximate surface area is 136 Å². The van der Waals surface area contributed by atoms with Crippen LogP contribution in [0.3, 0.4) is 0 Å². The number of rotatable bonds is 4. The van der Waals surface area contributed by atoms with E-state index in [0.717, 1.165) is 22.3 Å². The van der Waals surface area contributed by atoms with E-state index in [1.165, 1.54) is 0 Å². The van der Waals surface area contributed by atoms with Gasteiger partial charge in [0.1, 0.15) is 11.6 Å². The molecule has 0 aliphatic heterocycles. The SMILES string of the molecule is CCOC(=O)C(C#N)=C(c1ccc(C)cc1)c1ccc(C)cc1. The predicted molar refractivity (Wildman–Crippen MR) is 90.6 cm³/mol. The molecule has 0 N–H and O–H groups in total. The summed E-state index contributed by atoms with van der Waals surface area (Å²) in [5, 5.41) is 9.52. The number of ether oxygens (including phenoxy) is 1. The first-order valence-corrected chi connectivity index (χ1v) is 7.52. The van der Waals surface area contributed by atoms with Gasteiger partial charge < -0.3 is 4.74 Å². The molecule has 2 aromatic carbocycles. The van der Waals surface area contributed by atoms with Crippen LogP contribution >= 0.6 is 0 Å². The Bertz CT molecular complexity index is 715. The minimum absolute atomic E-state index is 0.0274. The van der Waals surface area contributed by atoms with Gasteiger partial charge in [-0.25, -0.2) is 4.79 Å². The van der Waals surface area contributed by atoms with Gasteiger partial charge in [-0.2, -0.15) is 5.26 Å². The lowest BCUT2D eigenvalue weighted by Crippen LogP contribution is -2.09. The van der Waals surface area contributed by atoms with Crippen molar-refractivity contribution >= 4 is 11.5 Å². The number of nitrogens with zero attached hydrogens (tertiary/aromatic N) is 1. The van der Waals surface area contributed by atoms with E-state index in [2.05, 4.69) is 0 Å². The maximum Gasteiger partial charge on any atom is 0.349 e. The molecule has 0 aromatic heterocycles. The van der Waals surface area contributed by atoms with Crippen molar-refractivity contribution in [3.63, 3.8) is 0 Å². The van der Waals surface area contributed by atoms with Gasteiger partial charge in [-0.3, -0.25) is 0 Å². The molecule has 0 aliphatic rings. The molecule has 0 aliphatic carbocycles. The maximum absolute atomic E-state index is 12.2. The number of esters is 1. The fraction of sp³-hybridized carbons (Fsp3) is 0.200. The Balaban J connectivity index is 2.68. The highest BCUT2D eigenvalue weighted by Crippen LogP contribution is 2.28. The van der Waals surface area contributed by atoms with Crippen LogP contribution in [0.25, 0.3) is 5.57 Å². The summed E-state index contributed by atoms with van der Waals surface area (Å²) in [6.45, 7) is 5.95. The van der Waals surface area contributed by atoms with Crippen LogP contribution in [0.15, 0.2) is 54.1 Å². The van der Waals surface area contributed by atoms with Gasteiger partial charge in [0.2, 0.25) is 0 Å². The summed E-state index contributed by atoms with van der Waals surface area (Å²) >= 11 is 0. The van der Waals surface area contributed by atoms with Gasteiger partial charge in [-0.1, -0.05) is 59.7 Å². The van der Waals surface area contributed by atoms with E-state index in [-0.39, 0.29) is 12.2 Å². The van der Waals surface area contributed by atoms with Crippen LogP contribution in [0.4, 0.5) is 0 Å². The average molecular weight is 305 g/mol. The lowest BCUT2D eigenvalue weighted by atomic mass is 9.92. The van der Waals surface area contributed by atoms with Crippen molar-refractivity contribution in [3.8, 4) is 6.07 Å². The number of benzene rings is 2. The molecular formula is C20H19NO2. The second kappa shape index (κ2) is 7.42. The average Bonchev–Trinajstić information content (AvgIpc) is 2.55. The van der Waals surface area contributed by atoms with Crippen molar-refractivity contribution in [2.45, 2.75) is 20.8 Å². The summed E-state index contributed by atoms with van der Waals surface area (Å²) in [5.41, 5.74) is 4.51. The zero-order valence-electron chi connectivity index (χ0n) is 13.6. The fourth-order valence-corrected chi connectivity index (χ4v) is 2.30. The standard InChI is InChI=1S/C20H19NO2/c1-4-23-20(22)18(13-21)19(16-9-5-14(2)6-10-16)17-11-7-15(3)8-12-17/h5-12H,4H2,1-3H3. The Morgan fingerprint density at radius 3 is 1.74 bits per heavy atom. The summed E-state index contributed by atoms with van der Waals surface area (Å²) in [5.74, 6) is -0.592. The topological polar surface area (TPSA) is 50.1 Å². The van der Waals surface area contributed by atoms with Crippen LogP contribution in [-0.2, 0) is 9.53 Å². The maximum atomic E-state index is 12.2. The molecular weight excluding hydrogens is 286 g/mol. The van der Waals surface area contributed by atoms with Crippen LogP contribution in [0.1, 0.15) is 29.2 Å². The molecule has 0 radical (unpaired) electrons. The Hall–Kier alpha value is -2.86. The van der Waals surface area contributed by atoms with E-state index in [1.54, 1.807) is 6.92 Å². The van der Waals surface area contributed by atoms with Crippen LogP contribution in [-0.4, -0.2) is 12.6 Å². The first-order valence-electron chi connectivity index (χ1n) is 7.52. The first-order chi connectivity index (χ1) is 11.1. The van der Waals surface area contributed by atoms with Crippen LogP contribution in [0.5, 0.6) is 0 Å². The van der Waals surface area contributed by atoms with E-state index in [1.807, 2.05) is 68.4 Å². The number of nitriles is 1. The molecule has 0 atom stereocenters. The van der Waals surface area contributed by atoms with E-state index >= 15 is 0 Å². The molecule has 0 unspecified atom stereocenters. The molecule has 3 heteroatoms. The Kier molecular flexibility index (Phi) is 5.32. The quantitative estimate of drug-likeness (QED) is 0.483. The molecule has 3 nitrogen and oxygen atoms in total. The van der Waals surface area contributed by atoms with Crippen LogP contribution < -0.4 is 0 Å².